The van der Waals surface area contributed by atoms with Gasteiger partial charge < -0.3 is 4.98 Å². The number of aliphatic imine (C=N–C) groups is 1. The smallest absolute Gasteiger partial charge is 0.0811 e. The molecular formula is C16H17Cl3N2. The van der Waals surface area contributed by atoms with Crippen LogP contribution in [0, 0.1) is 6.92 Å². The molecular weight excluding hydrogens is 327 g/mol. The van der Waals surface area contributed by atoms with Crippen molar-refractivity contribution in [3.63, 3.8) is 0 Å². The van der Waals surface area contributed by atoms with E-state index in [1.807, 2.05) is 12.2 Å². The summed E-state index contributed by atoms with van der Waals surface area (Å²) in [4.78, 5) is 8.09. The van der Waals surface area contributed by atoms with E-state index >= 15 is 0 Å². The second kappa shape index (κ2) is 7.35. The number of H-pyrrole nitrogens is 1. The van der Waals surface area contributed by atoms with Gasteiger partial charge in [-0.2, -0.15) is 0 Å². The zero-order chi connectivity index (χ0) is 15.4. The minimum absolute atomic E-state index is 0.0375. The summed E-state index contributed by atoms with van der Waals surface area (Å²) in [5.41, 5.74) is 8.28. The van der Waals surface area contributed by atoms with Crippen LogP contribution in [0.15, 0.2) is 39.9 Å². The Labute approximate surface area is 140 Å². The third-order valence-electron chi connectivity index (χ3n) is 3.60. The van der Waals surface area contributed by atoms with Crippen molar-refractivity contribution in [3.8, 4) is 0 Å². The van der Waals surface area contributed by atoms with Crippen LogP contribution in [0.2, 0.25) is 0 Å². The highest BCUT2D eigenvalue weighted by Crippen LogP contribution is 2.33. The van der Waals surface area contributed by atoms with Crippen LogP contribution < -0.4 is 0 Å². The van der Waals surface area contributed by atoms with Crippen LogP contribution in [0.25, 0.3) is 6.08 Å². The normalized spacial score (nSPS) is 20.3. The van der Waals surface area contributed by atoms with E-state index in [2.05, 4.69) is 24.9 Å². The molecule has 2 heterocycles. The van der Waals surface area contributed by atoms with E-state index in [9.17, 15) is 0 Å². The Morgan fingerprint density at radius 2 is 2.00 bits per heavy atom. The first kappa shape index (κ1) is 16.4. The van der Waals surface area contributed by atoms with Crippen LogP contribution in [0.1, 0.15) is 29.8 Å². The van der Waals surface area contributed by atoms with Gasteiger partial charge in [-0.1, -0.05) is 23.2 Å². The molecule has 1 N–H and O–H groups in total. The summed E-state index contributed by atoms with van der Waals surface area (Å²) in [7, 11) is 0. The third kappa shape index (κ3) is 3.63. The first-order valence-electron chi connectivity index (χ1n) is 6.65. The van der Waals surface area contributed by atoms with Gasteiger partial charge in [-0.25, -0.2) is 0 Å². The van der Waals surface area contributed by atoms with Crippen molar-refractivity contribution in [2.24, 2.45) is 4.99 Å². The zero-order valence-corrected chi connectivity index (χ0v) is 14.2. The number of rotatable bonds is 5. The Hall–Kier alpha value is -0.960. The highest BCUT2D eigenvalue weighted by Gasteiger charge is 2.29. The number of hydrogen-bond donors (Lipinski definition) is 1. The highest BCUT2D eigenvalue weighted by atomic mass is 35.5. The van der Waals surface area contributed by atoms with E-state index in [1.54, 1.807) is 6.08 Å². The molecule has 2 atom stereocenters. The second-order valence-electron chi connectivity index (χ2n) is 5.05. The number of aromatic amines is 1. The Morgan fingerprint density at radius 3 is 2.62 bits per heavy atom. The molecule has 21 heavy (non-hydrogen) atoms. The standard InChI is InChI=1S/C16H17Cl3N2/c1-10-7-12(3-5-17)20-15(10)14(9-19)16-11(2)8-13(21-16)4-6-18/h3-8,14-15,21H,9H2,1-2H3/b5-3+,6-4+. The first-order valence-corrected chi connectivity index (χ1v) is 8.06. The first-order chi connectivity index (χ1) is 10.1. The Bertz CT molecular complexity index is 623. The summed E-state index contributed by atoms with van der Waals surface area (Å²) >= 11 is 17.5. The summed E-state index contributed by atoms with van der Waals surface area (Å²) in [5, 5.41) is 0. The average Bonchev–Trinajstić information content (AvgIpc) is 2.97. The summed E-state index contributed by atoms with van der Waals surface area (Å²) in [5.74, 6) is 0.587. The molecule has 2 rings (SSSR count). The van der Waals surface area contributed by atoms with Gasteiger partial charge in [-0.05, 0) is 49.3 Å². The third-order valence-corrected chi connectivity index (χ3v) is 4.19. The molecule has 0 saturated heterocycles. The van der Waals surface area contributed by atoms with Gasteiger partial charge in [-0.3, -0.25) is 4.99 Å². The van der Waals surface area contributed by atoms with Gasteiger partial charge in [0.2, 0.25) is 0 Å². The predicted molar refractivity (Wildman–Crippen MR) is 93.9 cm³/mol. The van der Waals surface area contributed by atoms with Gasteiger partial charge in [0.15, 0.2) is 0 Å². The molecule has 1 aliphatic heterocycles. The van der Waals surface area contributed by atoms with Crippen LogP contribution in [0.4, 0.5) is 0 Å². The number of nitrogens with one attached hydrogen (secondary N) is 1. The van der Waals surface area contributed by atoms with Gasteiger partial charge in [0.1, 0.15) is 0 Å². The number of nitrogens with zero attached hydrogens (tertiary/aromatic N) is 1. The minimum Gasteiger partial charge on any atom is -0.358 e. The topological polar surface area (TPSA) is 28.1 Å². The molecule has 112 valence electrons. The Morgan fingerprint density at radius 1 is 1.29 bits per heavy atom. The Balaban J connectivity index is 2.35. The van der Waals surface area contributed by atoms with Crippen molar-refractivity contribution in [3.05, 3.63) is 51.8 Å². The van der Waals surface area contributed by atoms with Crippen LogP contribution in [0.3, 0.4) is 0 Å². The van der Waals surface area contributed by atoms with Gasteiger partial charge in [0, 0.05) is 34.3 Å². The molecule has 0 radical (unpaired) electrons. The number of allylic oxidation sites excluding steroid dienone is 2. The predicted octanol–water partition coefficient (Wildman–Crippen LogP) is 5.38. The second-order valence-corrected chi connectivity index (χ2v) is 5.87. The lowest BCUT2D eigenvalue weighted by Gasteiger charge is -2.20. The maximum atomic E-state index is 6.23. The van der Waals surface area contributed by atoms with Crippen molar-refractivity contribution in [1.29, 1.82) is 0 Å². The molecule has 0 spiro atoms. The average molecular weight is 344 g/mol. The molecule has 5 heteroatoms. The van der Waals surface area contributed by atoms with Crippen molar-refractivity contribution in [1.82, 2.24) is 4.98 Å². The van der Waals surface area contributed by atoms with Gasteiger partial charge in [-0.15, -0.1) is 11.6 Å². The number of aryl methyl sites for hydroxylation is 1. The molecule has 1 aliphatic rings. The van der Waals surface area contributed by atoms with E-state index in [4.69, 9.17) is 39.8 Å². The van der Waals surface area contributed by atoms with E-state index in [0.717, 1.165) is 22.7 Å². The van der Waals surface area contributed by atoms with Crippen LogP contribution in [0.5, 0.6) is 0 Å². The lowest BCUT2D eigenvalue weighted by Crippen LogP contribution is -2.19. The molecule has 1 aromatic rings. The molecule has 2 nitrogen and oxygen atoms in total. The van der Waals surface area contributed by atoms with Crippen molar-refractivity contribution >= 4 is 46.6 Å². The van der Waals surface area contributed by atoms with Crippen LogP contribution in [-0.4, -0.2) is 22.6 Å². The van der Waals surface area contributed by atoms with Crippen molar-refractivity contribution < 1.29 is 0 Å². The molecule has 0 saturated carbocycles. The molecule has 0 amide bonds. The number of alkyl halides is 1. The molecule has 1 aromatic heterocycles. The SMILES string of the molecule is CC1=CC(/C=C/Cl)=NC1C(CCl)c1[nH]c(/C=C/Cl)cc1C. The van der Waals surface area contributed by atoms with Crippen LogP contribution >= 0.6 is 34.8 Å². The summed E-state index contributed by atoms with van der Waals surface area (Å²) in [6.45, 7) is 4.13. The van der Waals surface area contributed by atoms with E-state index in [0.29, 0.717) is 5.88 Å². The molecule has 0 bridgehead atoms. The molecule has 0 aliphatic carbocycles. The minimum atomic E-state index is 0.0375. The van der Waals surface area contributed by atoms with Crippen molar-refractivity contribution in [2.45, 2.75) is 25.8 Å². The lowest BCUT2D eigenvalue weighted by molar-refractivity contribution is 0.635. The summed E-state index contributed by atoms with van der Waals surface area (Å²) in [6, 6.07) is 2.10. The fourth-order valence-electron chi connectivity index (χ4n) is 2.64. The number of aromatic nitrogens is 1. The molecule has 0 aromatic carbocycles. The maximum Gasteiger partial charge on any atom is 0.0811 e. The molecule has 2 unspecified atom stereocenters. The number of halogens is 3. The lowest BCUT2D eigenvalue weighted by atomic mass is 9.92. The van der Waals surface area contributed by atoms with Crippen LogP contribution in [-0.2, 0) is 0 Å². The summed E-state index contributed by atoms with van der Waals surface area (Å²) in [6.07, 6.45) is 5.66. The van der Waals surface area contributed by atoms with Crippen molar-refractivity contribution in [2.75, 3.05) is 5.88 Å². The fourth-order valence-corrected chi connectivity index (χ4v) is 3.23. The van der Waals surface area contributed by atoms with E-state index < -0.39 is 0 Å². The Kier molecular flexibility index (Phi) is 5.74. The van der Waals surface area contributed by atoms with E-state index in [1.165, 1.54) is 16.6 Å². The monoisotopic (exact) mass is 342 g/mol. The quantitative estimate of drug-likeness (QED) is 0.696. The fraction of sp³-hybridized carbons (Fsp3) is 0.312. The van der Waals surface area contributed by atoms with Gasteiger partial charge in [0.05, 0.1) is 11.8 Å². The summed E-state index contributed by atoms with van der Waals surface area (Å²) < 4.78 is 0. The largest absolute Gasteiger partial charge is 0.358 e. The zero-order valence-electron chi connectivity index (χ0n) is 11.9. The maximum absolute atomic E-state index is 6.23. The van der Waals surface area contributed by atoms with E-state index in [-0.39, 0.29) is 12.0 Å². The number of hydrogen-bond acceptors (Lipinski definition) is 1. The van der Waals surface area contributed by atoms with Gasteiger partial charge >= 0.3 is 0 Å². The van der Waals surface area contributed by atoms with Gasteiger partial charge in [0.25, 0.3) is 0 Å². The molecule has 0 fully saturated rings. The highest BCUT2D eigenvalue weighted by molar-refractivity contribution is 6.28.